The maximum Gasteiger partial charge on any atom is 0.405 e. The van der Waals surface area contributed by atoms with Gasteiger partial charge >= 0.3 is 6.09 Å². The predicted molar refractivity (Wildman–Crippen MR) is 99.2 cm³/mol. The van der Waals surface area contributed by atoms with Gasteiger partial charge in [0, 0.05) is 12.0 Å². The second kappa shape index (κ2) is 6.10. The highest BCUT2D eigenvalue weighted by molar-refractivity contribution is 5.70. The minimum absolute atomic E-state index is 0.0880. The number of nitrogens with one attached hydrogen (secondary N) is 1. The Kier molecular flexibility index (Phi) is 4.23. The van der Waals surface area contributed by atoms with Crippen molar-refractivity contribution in [3.63, 3.8) is 0 Å². The summed E-state index contributed by atoms with van der Waals surface area (Å²) in [6.45, 7) is 9.00. The highest BCUT2D eigenvalue weighted by Crippen LogP contribution is 2.39. The summed E-state index contributed by atoms with van der Waals surface area (Å²) in [5, 5.41) is 11.8. The number of carboxylic acid groups (broad SMARTS) is 1. The van der Waals surface area contributed by atoms with Gasteiger partial charge in [-0.1, -0.05) is 57.2 Å². The lowest BCUT2D eigenvalue weighted by atomic mass is 9.83. The molecular weight excluding hydrogens is 314 g/mol. The van der Waals surface area contributed by atoms with Crippen LogP contribution in [0, 0.1) is 0 Å². The predicted octanol–water partition coefficient (Wildman–Crippen LogP) is 4.92. The van der Waals surface area contributed by atoms with E-state index in [4.69, 9.17) is 9.84 Å². The van der Waals surface area contributed by atoms with E-state index in [0.717, 1.165) is 22.4 Å². The molecule has 4 heteroatoms. The minimum atomic E-state index is -1.02. The van der Waals surface area contributed by atoms with Crippen molar-refractivity contribution in [3.05, 3.63) is 53.6 Å². The van der Waals surface area contributed by atoms with E-state index in [9.17, 15) is 4.79 Å². The molecular formula is C21H25NO3. The normalized spacial score (nSPS) is 19.7. The van der Waals surface area contributed by atoms with Crippen molar-refractivity contribution in [2.45, 2.75) is 45.1 Å². The molecule has 2 aromatic rings. The molecule has 3 rings (SSSR count). The van der Waals surface area contributed by atoms with Gasteiger partial charge in [0.25, 0.3) is 0 Å². The maximum atomic E-state index is 11.2. The molecule has 0 bridgehead atoms. The molecule has 1 amide bonds. The van der Waals surface area contributed by atoms with Crippen molar-refractivity contribution in [2.75, 3.05) is 6.61 Å². The van der Waals surface area contributed by atoms with Crippen molar-refractivity contribution in [1.82, 2.24) is 5.32 Å². The van der Waals surface area contributed by atoms with Crippen LogP contribution in [0.15, 0.2) is 42.5 Å². The van der Waals surface area contributed by atoms with Gasteiger partial charge in [-0.2, -0.15) is 0 Å². The summed E-state index contributed by atoms with van der Waals surface area (Å²) < 4.78 is 5.83. The molecule has 1 heterocycles. The van der Waals surface area contributed by atoms with Crippen LogP contribution in [0.3, 0.4) is 0 Å². The Bertz CT molecular complexity index is 807. The Morgan fingerprint density at radius 1 is 1.16 bits per heavy atom. The van der Waals surface area contributed by atoms with Crippen molar-refractivity contribution >= 4 is 6.09 Å². The quantitative estimate of drug-likeness (QED) is 0.817. The zero-order valence-corrected chi connectivity index (χ0v) is 15.2. The zero-order chi connectivity index (χ0) is 18.2. The summed E-state index contributed by atoms with van der Waals surface area (Å²) in [5.41, 5.74) is 3.84. The molecule has 0 spiro atoms. The maximum absolute atomic E-state index is 11.2. The SMILES string of the molecule is CC(C)(C)c1cccc(-c2ccc3c(c2)OCCC3(C)NC(=O)O)c1. The third-order valence-corrected chi connectivity index (χ3v) is 4.88. The fourth-order valence-corrected chi connectivity index (χ4v) is 3.31. The van der Waals surface area contributed by atoms with Gasteiger partial charge in [0.2, 0.25) is 0 Å². The molecule has 0 saturated heterocycles. The molecule has 132 valence electrons. The van der Waals surface area contributed by atoms with E-state index in [2.05, 4.69) is 50.4 Å². The molecule has 4 nitrogen and oxygen atoms in total. The first-order valence-electron chi connectivity index (χ1n) is 8.58. The van der Waals surface area contributed by atoms with E-state index >= 15 is 0 Å². The van der Waals surface area contributed by atoms with Gasteiger partial charge in [-0.05, 0) is 35.1 Å². The standard InChI is InChI=1S/C21H25NO3/c1-20(2,3)16-7-5-6-14(12-16)15-8-9-17-18(13-15)25-11-10-21(17,4)22-19(23)24/h5-9,12-13,22H,10-11H2,1-4H3,(H,23,24). The summed E-state index contributed by atoms with van der Waals surface area (Å²) in [6.07, 6.45) is -0.400. The number of fused-ring (bicyclic) bond motifs is 1. The largest absolute Gasteiger partial charge is 0.493 e. The number of rotatable bonds is 2. The highest BCUT2D eigenvalue weighted by Gasteiger charge is 2.35. The van der Waals surface area contributed by atoms with Crippen LogP contribution in [-0.4, -0.2) is 17.8 Å². The summed E-state index contributed by atoms with van der Waals surface area (Å²) in [6, 6.07) is 14.5. The Morgan fingerprint density at radius 3 is 2.56 bits per heavy atom. The molecule has 0 aliphatic carbocycles. The van der Waals surface area contributed by atoms with Crippen LogP contribution in [0.4, 0.5) is 4.79 Å². The third kappa shape index (κ3) is 3.48. The van der Waals surface area contributed by atoms with Crippen molar-refractivity contribution in [3.8, 4) is 16.9 Å². The molecule has 1 unspecified atom stereocenters. The van der Waals surface area contributed by atoms with E-state index < -0.39 is 11.6 Å². The van der Waals surface area contributed by atoms with Crippen LogP contribution in [0.2, 0.25) is 0 Å². The smallest absolute Gasteiger partial charge is 0.405 e. The Balaban J connectivity index is 2.01. The van der Waals surface area contributed by atoms with Crippen molar-refractivity contribution < 1.29 is 14.6 Å². The molecule has 1 atom stereocenters. The molecule has 2 aromatic carbocycles. The van der Waals surface area contributed by atoms with Gasteiger partial charge in [0.05, 0.1) is 12.1 Å². The van der Waals surface area contributed by atoms with Gasteiger partial charge < -0.3 is 15.2 Å². The van der Waals surface area contributed by atoms with Crippen molar-refractivity contribution in [2.24, 2.45) is 0 Å². The number of hydrogen-bond acceptors (Lipinski definition) is 2. The van der Waals surface area contributed by atoms with Crippen LogP contribution in [0.1, 0.15) is 45.2 Å². The lowest BCUT2D eigenvalue weighted by Crippen LogP contribution is -2.46. The fourth-order valence-electron chi connectivity index (χ4n) is 3.31. The average Bonchev–Trinajstić information content (AvgIpc) is 2.53. The molecule has 0 fully saturated rings. The number of hydrogen-bond donors (Lipinski definition) is 2. The Labute approximate surface area is 148 Å². The third-order valence-electron chi connectivity index (χ3n) is 4.88. The minimum Gasteiger partial charge on any atom is -0.493 e. The molecule has 2 N–H and O–H groups in total. The molecule has 25 heavy (non-hydrogen) atoms. The summed E-state index contributed by atoms with van der Waals surface area (Å²) in [4.78, 5) is 11.2. The second-order valence-electron chi connectivity index (χ2n) is 7.90. The number of benzene rings is 2. The monoisotopic (exact) mass is 339 g/mol. The number of ether oxygens (including phenoxy) is 1. The van der Waals surface area contributed by atoms with E-state index in [1.165, 1.54) is 5.56 Å². The van der Waals surface area contributed by atoms with Crippen LogP contribution >= 0.6 is 0 Å². The van der Waals surface area contributed by atoms with Gasteiger partial charge in [0.15, 0.2) is 0 Å². The molecule has 1 aliphatic rings. The van der Waals surface area contributed by atoms with Gasteiger partial charge in [-0.25, -0.2) is 4.79 Å². The average molecular weight is 339 g/mol. The molecule has 1 aliphatic heterocycles. The first-order chi connectivity index (χ1) is 11.7. The molecule has 0 radical (unpaired) electrons. The van der Waals surface area contributed by atoms with E-state index in [0.29, 0.717) is 13.0 Å². The second-order valence-corrected chi connectivity index (χ2v) is 7.90. The molecule has 0 aromatic heterocycles. The number of amides is 1. The van der Waals surface area contributed by atoms with Gasteiger partial charge in [-0.15, -0.1) is 0 Å². The zero-order valence-electron chi connectivity index (χ0n) is 15.2. The summed E-state index contributed by atoms with van der Waals surface area (Å²) >= 11 is 0. The Morgan fingerprint density at radius 2 is 1.88 bits per heavy atom. The lowest BCUT2D eigenvalue weighted by Gasteiger charge is -2.35. The van der Waals surface area contributed by atoms with E-state index in [1.54, 1.807) is 0 Å². The summed E-state index contributed by atoms with van der Waals surface area (Å²) in [7, 11) is 0. The fraction of sp³-hybridized carbons (Fsp3) is 0.381. The van der Waals surface area contributed by atoms with Crippen LogP contribution in [0.25, 0.3) is 11.1 Å². The van der Waals surface area contributed by atoms with Crippen LogP contribution in [0.5, 0.6) is 5.75 Å². The lowest BCUT2D eigenvalue weighted by molar-refractivity contribution is 0.158. The van der Waals surface area contributed by atoms with Gasteiger partial charge in [0.1, 0.15) is 5.75 Å². The van der Waals surface area contributed by atoms with E-state index in [-0.39, 0.29) is 5.41 Å². The topological polar surface area (TPSA) is 58.6 Å². The highest BCUT2D eigenvalue weighted by atomic mass is 16.5. The number of carbonyl (C=O) groups is 1. The molecule has 0 saturated carbocycles. The van der Waals surface area contributed by atoms with Crippen molar-refractivity contribution in [1.29, 1.82) is 0 Å². The summed E-state index contributed by atoms with van der Waals surface area (Å²) in [5.74, 6) is 0.751. The first kappa shape index (κ1) is 17.3. The van der Waals surface area contributed by atoms with Gasteiger partial charge in [-0.3, -0.25) is 0 Å². The van der Waals surface area contributed by atoms with Crippen LogP contribution in [-0.2, 0) is 11.0 Å². The van der Waals surface area contributed by atoms with Crippen LogP contribution < -0.4 is 10.1 Å². The first-order valence-corrected chi connectivity index (χ1v) is 8.58. The Hall–Kier alpha value is -2.49. The van der Waals surface area contributed by atoms with E-state index in [1.807, 2.05) is 25.1 Å².